The number of carbonyl (C=O) groups is 1. The van der Waals surface area contributed by atoms with Gasteiger partial charge in [-0.25, -0.2) is 9.18 Å². The molecule has 1 atom stereocenters. The van der Waals surface area contributed by atoms with Crippen molar-refractivity contribution in [3.05, 3.63) is 94.3 Å². The minimum Gasteiger partial charge on any atom is -0.352 e. The maximum absolute atomic E-state index is 14.8. The van der Waals surface area contributed by atoms with Gasteiger partial charge in [-0.05, 0) is 72.9 Å². The van der Waals surface area contributed by atoms with E-state index in [-0.39, 0.29) is 12.0 Å². The average Bonchev–Trinajstić information content (AvgIpc) is 3.27. The highest BCUT2D eigenvalue weighted by atomic mass is 35.5. The summed E-state index contributed by atoms with van der Waals surface area (Å²) in [5.41, 5.74) is 3.01. The van der Waals surface area contributed by atoms with E-state index < -0.39 is 34.5 Å². The van der Waals surface area contributed by atoms with E-state index in [1.807, 2.05) is 0 Å². The van der Waals surface area contributed by atoms with Gasteiger partial charge in [0, 0.05) is 18.6 Å². The quantitative estimate of drug-likeness (QED) is 0.415. The van der Waals surface area contributed by atoms with Crippen LogP contribution in [0.15, 0.2) is 61.1 Å². The summed E-state index contributed by atoms with van der Waals surface area (Å²) < 4.78 is 56.2. The third-order valence-electron chi connectivity index (χ3n) is 6.74. The Labute approximate surface area is 204 Å². The van der Waals surface area contributed by atoms with Crippen molar-refractivity contribution in [2.45, 2.75) is 49.2 Å². The van der Waals surface area contributed by atoms with Gasteiger partial charge in [0.15, 0.2) is 0 Å². The second kappa shape index (κ2) is 9.45. The third kappa shape index (κ3) is 4.82. The number of nitrogens with zero attached hydrogens (tertiary/aromatic N) is 2. The van der Waals surface area contributed by atoms with Crippen LogP contribution in [0.25, 0.3) is 0 Å². The molecule has 0 saturated heterocycles. The molecule has 1 aliphatic rings. The maximum atomic E-state index is 14.8. The number of hydrogen-bond acceptors (Lipinski definition) is 3. The van der Waals surface area contributed by atoms with Gasteiger partial charge in [-0.2, -0.15) is 13.2 Å². The van der Waals surface area contributed by atoms with Gasteiger partial charge >= 0.3 is 12.2 Å². The van der Waals surface area contributed by atoms with Crippen LogP contribution in [0.2, 0.25) is 5.02 Å². The van der Waals surface area contributed by atoms with Gasteiger partial charge in [-0.1, -0.05) is 24.4 Å². The fraction of sp³-hybridized carbons (Fsp3) is 0.320. The smallest absolute Gasteiger partial charge is 0.352 e. The minimum absolute atomic E-state index is 0.0344. The van der Waals surface area contributed by atoms with Crippen LogP contribution in [0.5, 0.6) is 0 Å². The van der Waals surface area contributed by atoms with Gasteiger partial charge in [-0.15, -0.1) is 0 Å². The van der Waals surface area contributed by atoms with E-state index in [9.17, 15) is 22.4 Å². The normalized spacial score (nSPS) is 17.1. The number of nitrogens with one attached hydrogen (secondary N) is 1. The zero-order valence-electron chi connectivity index (χ0n) is 18.6. The molecular formula is C25H23ClF4N4O. The molecule has 2 heterocycles. The van der Waals surface area contributed by atoms with Gasteiger partial charge < -0.3 is 11.1 Å². The van der Waals surface area contributed by atoms with Crippen LogP contribution in [0.4, 0.5) is 22.4 Å². The molecular weight excluding hydrogens is 484 g/mol. The van der Waals surface area contributed by atoms with E-state index in [4.69, 9.17) is 17.3 Å². The van der Waals surface area contributed by atoms with Gasteiger partial charge in [-0.3, -0.25) is 9.97 Å². The first kappa shape index (κ1) is 24.9. The molecule has 2 amide bonds. The largest absolute Gasteiger partial charge is 0.416 e. The topological polar surface area (TPSA) is 80.9 Å². The van der Waals surface area contributed by atoms with Crippen molar-refractivity contribution in [1.29, 1.82) is 0 Å². The lowest BCUT2D eigenvalue weighted by atomic mass is 9.59. The van der Waals surface area contributed by atoms with Gasteiger partial charge in [0.05, 0.1) is 27.2 Å². The monoisotopic (exact) mass is 506 g/mol. The molecule has 10 heteroatoms. The highest BCUT2D eigenvalue weighted by Crippen LogP contribution is 2.52. The number of benzene rings is 1. The van der Waals surface area contributed by atoms with Crippen LogP contribution in [0.1, 0.15) is 48.1 Å². The lowest BCUT2D eigenvalue weighted by Crippen LogP contribution is -2.63. The number of alkyl halides is 3. The summed E-state index contributed by atoms with van der Waals surface area (Å²) in [4.78, 5) is 20.8. The Kier molecular flexibility index (Phi) is 6.73. The van der Waals surface area contributed by atoms with Crippen LogP contribution in [0.3, 0.4) is 0 Å². The number of primary amides is 1. The Morgan fingerprint density at radius 1 is 1.06 bits per heavy atom. The van der Waals surface area contributed by atoms with Crippen LogP contribution < -0.4 is 11.1 Å². The van der Waals surface area contributed by atoms with Crippen molar-refractivity contribution in [2.75, 3.05) is 0 Å². The average molecular weight is 507 g/mol. The summed E-state index contributed by atoms with van der Waals surface area (Å²) in [7, 11) is 0. The highest BCUT2D eigenvalue weighted by Gasteiger charge is 2.56. The molecule has 1 unspecified atom stereocenters. The first-order chi connectivity index (χ1) is 16.6. The van der Waals surface area contributed by atoms with Crippen LogP contribution in [0, 0.1) is 5.82 Å². The molecule has 0 bridgehead atoms. The summed E-state index contributed by atoms with van der Waals surface area (Å²) in [6, 6.07) is 8.26. The Bertz CT molecular complexity index is 1200. The molecule has 3 aromatic rings. The maximum Gasteiger partial charge on any atom is 0.416 e. The van der Waals surface area contributed by atoms with Gasteiger partial charge in [0.25, 0.3) is 0 Å². The first-order valence-electron chi connectivity index (χ1n) is 11.0. The zero-order valence-corrected chi connectivity index (χ0v) is 19.3. The predicted octanol–water partition coefficient (Wildman–Crippen LogP) is 5.80. The van der Waals surface area contributed by atoms with E-state index >= 15 is 0 Å². The summed E-state index contributed by atoms with van der Waals surface area (Å²) in [6.45, 7) is 0. The molecule has 1 fully saturated rings. The molecule has 1 aliphatic carbocycles. The molecule has 0 radical (unpaired) electrons. The third-order valence-corrected chi connectivity index (χ3v) is 6.96. The lowest BCUT2D eigenvalue weighted by Gasteiger charge is -2.49. The molecule has 1 aromatic carbocycles. The van der Waals surface area contributed by atoms with E-state index in [0.29, 0.717) is 48.0 Å². The van der Waals surface area contributed by atoms with E-state index in [1.54, 1.807) is 36.7 Å². The number of aromatic nitrogens is 2. The number of urea groups is 1. The number of rotatable bonds is 6. The molecule has 3 N–H and O–H groups in total. The molecule has 4 rings (SSSR count). The second-order valence-corrected chi connectivity index (χ2v) is 9.24. The van der Waals surface area contributed by atoms with E-state index in [0.717, 1.165) is 12.1 Å². The van der Waals surface area contributed by atoms with E-state index in [1.165, 1.54) is 6.20 Å². The fourth-order valence-electron chi connectivity index (χ4n) is 5.34. The molecule has 0 aliphatic heterocycles. The lowest BCUT2D eigenvalue weighted by molar-refractivity contribution is -0.137. The van der Waals surface area contributed by atoms with Crippen LogP contribution in [-0.4, -0.2) is 21.5 Å². The van der Waals surface area contributed by atoms with Crippen LogP contribution in [-0.2, 0) is 18.0 Å². The summed E-state index contributed by atoms with van der Waals surface area (Å²) in [6.07, 6.45) is 2.01. The van der Waals surface area contributed by atoms with Crippen molar-refractivity contribution < 1.29 is 22.4 Å². The Hall–Kier alpha value is -3.20. The number of nitrogens with two attached hydrogens (primary N) is 1. The molecule has 2 aromatic heterocycles. The van der Waals surface area contributed by atoms with E-state index in [2.05, 4.69) is 15.3 Å². The molecule has 5 nitrogen and oxygen atoms in total. The SMILES string of the molecule is NC(=O)NC1(C(Cc2ccncc2)(c2cc(F)cc(C(F)(F)F)c2)c2ccc(Cl)cn2)CCCC1. The van der Waals surface area contributed by atoms with Gasteiger partial charge in [0.2, 0.25) is 0 Å². The first-order valence-corrected chi connectivity index (χ1v) is 11.4. The van der Waals surface area contributed by atoms with Crippen molar-refractivity contribution in [1.82, 2.24) is 15.3 Å². The highest BCUT2D eigenvalue weighted by molar-refractivity contribution is 6.30. The number of carbonyl (C=O) groups excluding carboxylic acids is 1. The standard InChI is InChI=1S/C25H23ClF4N4O/c26-19-3-4-21(33-15-19)24(14-16-5-9-32-10-6-16,23(34-22(31)35)7-1-2-8-23)17-11-18(25(28,29)30)13-20(27)12-17/h3-6,9-13,15H,1-2,7-8,14H2,(H3,31,34,35). The van der Waals surface area contributed by atoms with Crippen molar-refractivity contribution >= 4 is 17.6 Å². The molecule has 0 spiro atoms. The molecule has 35 heavy (non-hydrogen) atoms. The summed E-state index contributed by atoms with van der Waals surface area (Å²) in [5.74, 6) is -1.05. The van der Waals surface area contributed by atoms with Crippen molar-refractivity contribution in [3.8, 4) is 0 Å². The van der Waals surface area contributed by atoms with Crippen LogP contribution >= 0.6 is 11.6 Å². The number of halogens is 5. The predicted molar refractivity (Wildman–Crippen MR) is 123 cm³/mol. The Balaban J connectivity index is 2.11. The summed E-state index contributed by atoms with van der Waals surface area (Å²) >= 11 is 6.09. The minimum atomic E-state index is -4.79. The molecule has 184 valence electrons. The zero-order chi connectivity index (χ0) is 25.3. The second-order valence-electron chi connectivity index (χ2n) is 8.80. The number of amides is 2. The Morgan fingerprint density at radius 3 is 2.29 bits per heavy atom. The van der Waals surface area contributed by atoms with Crippen molar-refractivity contribution in [3.63, 3.8) is 0 Å². The fourth-order valence-corrected chi connectivity index (χ4v) is 5.45. The van der Waals surface area contributed by atoms with Crippen molar-refractivity contribution in [2.24, 2.45) is 5.73 Å². The number of hydrogen-bond donors (Lipinski definition) is 2. The van der Waals surface area contributed by atoms with Gasteiger partial charge in [0.1, 0.15) is 5.82 Å². The number of pyridine rings is 2. The molecule has 1 saturated carbocycles. The Morgan fingerprint density at radius 2 is 1.71 bits per heavy atom. The summed E-state index contributed by atoms with van der Waals surface area (Å²) in [5, 5.41) is 3.18.